The van der Waals surface area contributed by atoms with Gasteiger partial charge in [0.05, 0.1) is 11.3 Å². The molecule has 2 heterocycles. The van der Waals surface area contributed by atoms with Crippen LogP contribution in [0.1, 0.15) is 32.8 Å². The molecule has 0 radical (unpaired) electrons. The number of nitrogens with two attached hydrogens (primary N) is 1. The standard InChI is InChI=1S/C16H15N3O2/c17-8-2-5-11-4-1-6-12(10-11)19-15(20)13-7-3-9-18-14(13)16(19)21/h1,3-4,6-7,9-10H,2,5,8,17H2. The van der Waals surface area contributed by atoms with Crippen molar-refractivity contribution in [3.8, 4) is 0 Å². The second-order valence-electron chi connectivity index (χ2n) is 4.91. The SMILES string of the molecule is NCCCc1cccc(N2C(=O)c3cccnc3C2=O)c1. The van der Waals surface area contributed by atoms with Gasteiger partial charge in [-0.2, -0.15) is 0 Å². The Morgan fingerprint density at radius 1 is 1.10 bits per heavy atom. The van der Waals surface area contributed by atoms with E-state index in [9.17, 15) is 9.59 Å². The van der Waals surface area contributed by atoms with Crippen molar-refractivity contribution in [2.45, 2.75) is 12.8 Å². The van der Waals surface area contributed by atoms with Gasteiger partial charge in [-0.3, -0.25) is 14.6 Å². The van der Waals surface area contributed by atoms with Crippen molar-refractivity contribution in [2.24, 2.45) is 5.73 Å². The van der Waals surface area contributed by atoms with E-state index in [1.807, 2.05) is 18.2 Å². The van der Waals surface area contributed by atoms with Gasteiger partial charge < -0.3 is 5.73 Å². The van der Waals surface area contributed by atoms with Gasteiger partial charge in [-0.15, -0.1) is 0 Å². The number of aryl methyl sites for hydroxylation is 1. The van der Waals surface area contributed by atoms with Crippen LogP contribution in [-0.2, 0) is 6.42 Å². The molecule has 2 N–H and O–H groups in total. The van der Waals surface area contributed by atoms with Crippen molar-refractivity contribution in [1.29, 1.82) is 0 Å². The third-order valence-corrected chi connectivity index (χ3v) is 3.49. The number of hydrogen-bond acceptors (Lipinski definition) is 4. The van der Waals surface area contributed by atoms with Crippen LogP contribution in [0.4, 0.5) is 5.69 Å². The molecule has 0 saturated heterocycles. The number of carbonyl (C=O) groups excluding carboxylic acids is 2. The quantitative estimate of drug-likeness (QED) is 0.867. The normalized spacial score (nSPS) is 13.7. The summed E-state index contributed by atoms with van der Waals surface area (Å²) in [5, 5.41) is 0. The number of hydrogen-bond donors (Lipinski definition) is 1. The highest BCUT2D eigenvalue weighted by molar-refractivity contribution is 6.33. The lowest BCUT2D eigenvalue weighted by atomic mass is 10.1. The van der Waals surface area contributed by atoms with Crippen molar-refractivity contribution in [1.82, 2.24) is 4.98 Å². The molecule has 21 heavy (non-hydrogen) atoms. The first kappa shape index (κ1) is 13.5. The first-order chi connectivity index (χ1) is 10.2. The van der Waals surface area contributed by atoms with E-state index in [2.05, 4.69) is 4.98 Å². The Morgan fingerprint density at radius 2 is 1.95 bits per heavy atom. The highest BCUT2D eigenvalue weighted by Crippen LogP contribution is 2.27. The molecule has 0 aliphatic carbocycles. The van der Waals surface area contributed by atoms with Crippen LogP contribution in [0.15, 0.2) is 42.6 Å². The van der Waals surface area contributed by atoms with Gasteiger partial charge in [0.15, 0.2) is 0 Å². The predicted octanol–water partition coefficient (Wildman–Crippen LogP) is 1.77. The molecular weight excluding hydrogens is 266 g/mol. The van der Waals surface area contributed by atoms with Crippen molar-refractivity contribution in [2.75, 3.05) is 11.4 Å². The third kappa shape index (κ3) is 2.32. The van der Waals surface area contributed by atoms with Gasteiger partial charge in [0.25, 0.3) is 11.8 Å². The predicted molar refractivity (Wildman–Crippen MR) is 79.2 cm³/mol. The highest BCUT2D eigenvalue weighted by Gasteiger charge is 2.37. The second kappa shape index (κ2) is 5.46. The molecule has 0 bridgehead atoms. The van der Waals surface area contributed by atoms with Crippen LogP contribution in [0.25, 0.3) is 0 Å². The number of pyridine rings is 1. The zero-order chi connectivity index (χ0) is 14.8. The fourth-order valence-electron chi connectivity index (χ4n) is 2.46. The lowest BCUT2D eigenvalue weighted by Gasteiger charge is -2.14. The average molecular weight is 281 g/mol. The van der Waals surface area contributed by atoms with Crippen LogP contribution in [0, 0.1) is 0 Å². The number of nitrogens with zero attached hydrogens (tertiary/aromatic N) is 2. The number of fused-ring (bicyclic) bond motifs is 1. The van der Waals surface area contributed by atoms with Gasteiger partial charge in [-0.25, -0.2) is 4.90 Å². The molecular formula is C16H15N3O2. The van der Waals surface area contributed by atoms with E-state index in [1.54, 1.807) is 18.2 Å². The van der Waals surface area contributed by atoms with Crippen LogP contribution in [0.3, 0.4) is 0 Å². The van der Waals surface area contributed by atoms with Crippen LogP contribution in [-0.4, -0.2) is 23.3 Å². The van der Waals surface area contributed by atoms with E-state index >= 15 is 0 Å². The van der Waals surface area contributed by atoms with Crippen molar-refractivity contribution in [3.63, 3.8) is 0 Å². The summed E-state index contributed by atoms with van der Waals surface area (Å²) in [6.07, 6.45) is 3.21. The first-order valence-corrected chi connectivity index (χ1v) is 6.85. The molecule has 5 heteroatoms. The monoisotopic (exact) mass is 281 g/mol. The van der Waals surface area contributed by atoms with Crippen LogP contribution >= 0.6 is 0 Å². The summed E-state index contributed by atoms with van der Waals surface area (Å²) >= 11 is 0. The molecule has 1 aliphatic heterocycles. The smallest absolute Gasteiger partial charge is 0.284 e. The molecule has 3 rings (SSSR count). The fourth-order valence-corrected chi connectivity index (χ4v) is 2.46. The molecule has 1 aromatic carbocycles. The van der Waals surface area contributed by atoms with Gasteiger partial charge >= 0.3 is 0 Å². The minimum atomic E-state index is -0.369. The minimum absolute atomic E-state index is 0.217. The van der Waals surface area contributed by atoms with Gasteiger partial charge in [0.1, 0.15) is 5.69 Å². The summed E-state index contributed by atoms with van der Waals surface area (Å²) in [5.41, 5.74) is 7.72. The largest absolute Gasteiger partial charge is 0.330 e. The van der Waals surface area contributed by atoms with Crippen molar-refractivity contribution in [3.05, 3.63) is 59.4 Å². The molecule has 0 saturated carbocycles. The highest BCUT2D eigenvalue weighted by atomic mass is 16.2. The maximum absolute atomic E-state index is 12.4. The Hall–Kier alpha value is -2.53. The van der Waals surface area contributed by atoms with Crippen LogP contribution in [0.5, 0.6) is 0 Å². The lowest BCUT2D eigenvalue weighted by molar-refractivity contribution is 0.0924. The summed E-state index contributed by atoms with van der Waals surface area (Å²) in [6, 6.07) is 10.7. The van der Waals surface area contributed by atoms with E-state index in [-0.39, 0.29) is 17.5 Å². The Kier molecular flexibility index (Phi) is 3.50. The molecule has 106 valence electrons. The fraction of sp³-hybridized carbons (Fsp3) is 0.188. The molecule has 0 fully saturated rings. The van der Waals surface area contributed by atoms with Crippen molar-refractivity contribution < 1.29 is 9.59 Å². The van der Waals surface area contributed by atoms with E-state index in [0.29, 0.717) is 17.8 Å². The number of benzene rings is 1. The number of carbonyl (C=O) groups is 2. The maximum Gasteiger partial charge on any atom is 0.284 e. The van der Waals surface area contributed by atoms with E-state index in [4.69, 9.17) is 5.73 Å². The van der Waals surface area contributed by atoms with Gasteiger partial charge in [0, 0.05) is 6.20 Å². The van der Waals surface area contributed by atoms with Gasteiger partial charge in [0.2, 0.25) is 0 Å². The number of amides is 2. The Morgan fingerprint density at radius 3 is 2.71 bits per heavy atom. The Balaban J connectivity index is 1.95. The number of aromatic nitrogens is 1. The lowest BCUT2D eigenvalue weighted by Crippen LogP contribution is -2.29. The molecule has 0 atom stereocenters. The summed E-state index contributed by atoms with van der Waals surface area (Å²) in [5.74, 6) is -0.689. The molecule has 1 aromatic heterocycles. The minimum Gasteiger partial charge on any atom is -0.330 e. The first-order valence-electron chi connectivity index (χ1n) is 6.85. The van der Waals surface area contributed by atoms with Crippen LogP contribution < -0.4 is 10.6 Å². The summed E-state index contributed by atoms with van der Waals surface area (Å²) in [7, 11) is 0. The number of rotatable bonds is 4. The molecule has 2 aromatic rings. The Bertz CT molecular complexity index is 677. The molecule has 1 aliphatic rings. The zero-order valence-electron chi connectivity index (χ0n) is 11.5. The Labute approximate surface area is 122 Å². The van der Waals surface area contributed by atoms with E-state index in [1.165, 1.54) is 11.1 Å². The van der Waals surface area contributed by atoms with Gasteiger partial charge in [-0.1, -0.05) is 12.1 Å². The topological polar surface area (TPSA) is 76.3 Å². The molecule has 2 amide bonds. The third-order valence-electron chi connectivity index (χ3n) is 3.49. The van der Waals surface area contributed by atoms with Crippen LogP contribution in [0.2, 0.25) is 0 Å². The summed E-state index contributed by atoms with van der Waals surface area (Å²) < 4.78 is 0. The van der Waals surface area contributed by atoms with Crippen molar-refractivity contribution >= 4 is 17.5 Å². The van der Waals surface area contributed by atoms with E-state index in [0.717, 1.165) is 18.4 Å². The summed E-state index contributed by atoms with van der Waals surface area (Å²) in [6.45, 7) is 0.612. The zero-order valence-corrected chi connectivity index (χ0v) is 11.5. The molecule has 0 spiro atoms. The second-order valence-corrected chi connectivity index (χ2v) is 4.91. The maximum atomic E-state index is 12.4. The van der Waals surface area contributed by atoms with Gasteiger partial charge in [-0.05, 0) is 49.2 Å². The molecule has 5 nitrogen and oxygen atoms in total. The molecule has 0 unspecified atom stereocenters. The number of anilines is 1. The number of imide groups is 1. The van der Waals surface area contributed by atoms with E-state index < -0.39 is 0 Å². The average Bonchev–Trinajstić information content (AvgIpc) is 2.78. The summed E-state index contributed by atoms with van der Waals surface area (Å²) in [4.78, 5) is 29.9.